The summed E-state index contributed by atoms with van der Waals surface area (Å²) in [7, 11) is 3.36. The first-order valence-corrected chi connectivity index (χ1v) is 10.8. The van der Waals surface area contributed by atoms with Gasteiger partial charge in [-0.1, -0.05) is 12.1 Å². The van der Waals surface area contributed by atoms with Crippen LogP contribution in [0.3, 0.4) is 0 Å². The predicted octanol–water partition coefficient (Wildman–Crippen LogP) is 3.97. The molecule has 1 aliphatic rings. The molecule has 1 amide bonds. The monoisotopic (exact) mass is 470 g/mol. The van der Waals surface area contributed by atoms with Crippen molar-refractivity contribution in [3.8, 4) is 0 Å². The first-order valence-electron chi connectivity index (χ1n) is 10.8. The molecule has 0 bridgehead atoms. The number of carbonyl (C=O) groups is 1. The lowest BCUT2D eigenvalue weighted by atomic mass is 9.77. The van der Waals surface area contributed by atoms with E-state index in [4.69, 9.17) is 4.74 Å². The number of anilines is 1. The summed E-state index contributed by atoms with van der Waals surface area (Å²) in [6.07, 6.45) is 1.84. The van der Waals surface area contributed by atoms with E-state index in [0.717, 1.165) is 17.8 Å². The first kappa shape index (κ1) is 23.6. The maximum Gasteiger partial charge on any atom is 0.248 e. The zero-order chi connectivity index (χ0) is 24.5. The van der Waals surface area contributed by atoms with Gasteiger partial charge in [-0.3, -0.25) is 4.79 Å². The van der Waals surface area contributed by atoms with Crippen molar-refractivity contribution >= 4 is 17.3 Å². The highest BCUT2D eigenvalue weighted by Gasteiger charge is 2.55. The van der Waals surface area contributed by atoms with Gasteiger partial charge in [0, 0.05) is 38.7 Å². The molecular formula is C25H25F3N4O2. The molecule has 0 radical (unpaired) electrons. The number of rotatable bonds is 7. The van der Waals surface area contributed by atoms with E-state index in [-0.39, 0.29) is 18.8 Å². The number of nitrogens with zero attached hydrogens (tertiary/aromatic N) is 3. The van der Waals surface area contributed by atoms with Crippen LogP contribution in [0.4, 0.5) is 18.9 Å². The lowest BCUT2D eigenvalue weighted by molar-refractivity contribution is -0.126. The van der Waals surface area contributed by atoms with E-state index in [1.54, 1.807) is 19.1 Å². The fraction of sp³-hybridized carbons (Fsp3) is 0.280. The van der Waals surface area contributed by atoms with Gasteiger partial charge in [0.1, 0.15) is 11.6 Å². The van der Waals surface area contributed by atoms with Crippen molar-refractivity contribution in [1.29, 1.82) is 0 Å². The number of nitrogens with one attached hydrogen (secondary N) is 1. The molecule has 2 unspecified atom stereocenters. The largest absolute Gasteiger partial charge is 0.383 e. The molecule has 3 aromatic rings. The normalized spacial score (nSPS) is 19.9. The fourth-order valence-electron chi connectivity index (χ4n) is 4.34. The van der Waals surface area contributed by atoms with E-state index in [2.05, 4.69) is 10.4 Å². The number of hydrogen-bond donors (Lipinski definition) is 1. The van der Waals surface area contributed by atoms with E-state index >= 15 is 0 Å². The molecule has 1 N–H and O–H groups in total. The van der Waals surface area contributed by atoms with E-state index < -0.39 is 34.8 Å². The molecule has 178 valence electrons. The summed E-state index contributed by atoms with van der Waals surface area (Å²) in [4.78, 5) is 13.7. The SMILES string of the molecule is COCCNC(=O)C1(C)C(c2cccn2C)C(c2ccc(F)cc2)=NN1c1ccc(F)cc1F. The molecule has 2 atom stereocenters. The molecule has 1 aliphatic heterocycles. The Hall–Kier alpha value is -3.59. The minimum Gasteiger partial charge on any atom is -0.383 e. The average molecular weight is 470 g/mol. The summed E-state index contributed by atoms with van der Waals surface area (Å²) in [5.41, 5.74) is 0.283. The minimum atomic E-state index is -1.44. The lowest BCUT2D eigenvalue weighted by Crippen LogP contribution is -2.57. The Kier molecular flexibility index (Phi) is 6.47. The van der Waals surface area contributed by atoms with Crippen molar-refractivity contribution in [2.75, 3.05) is 25.3 Å². The van der Waals surface area contributed by atoms with Gasteiger partial charge in [0.15, 0.2) is 11.4 Å². The summed E-state index contributed by atoms with van der Waals surface area (Å²) >= 11 is 0. The van der Waals surface area contributed by atoms with Crippen molar-refractivity contribution in [3.63, 3.8) is 0 Å². The van der Waals surface area contributed by atoms with Crippen LogP contribution in [0.15, 0.2) is 65.9 Å². The zero-order valence-electron chi connectivity index (χ0n) is 19.1. The second-order valence-corrected chi connectivity index (χ2v) is 8.27. The van der Waals surface area contributed by atoms with E-state index in [9.17, 15) is 18.0 Å². The zero-order valence-corrected chi connectivity index (χ0v) is 19.1. The summed E-state index contributed by atoms with van der Waals surface area (Å²) in [5, 5.41) is 8.83. The number of methoxy groups -OCH3 is 1. The van der Waals surface area contributed by atoms with Crippen molar-refractivity contribution in [3.05, 3.63) is 89.5 Å². The topological polar surface area (TPSA) is 58.9 Å². The summed E-state index contributed by atoms with van der Waals surface area (Å²) in [6.45, 7) is 2.18. The molecular weight excluding hydrogens is 445 g/mol. The van der Waals surface area contributed by atoms with E-state index in [1.165, 1.54) is 30.3 Å². The van der Waals surface area contributed by atoms with Crippen LogP contribution in [0.2, 0.25) is 0 Å². The quantitative estimate of drug-likeness (QED) is 0.532. The third-order valence-corrected chi connectivity index (χ3v) is 6.09. The van der Waals surface area contributed by atoms with Gasteiger partial charge in [-0.05, 0) is 48.9 Å². The maximum absolute atomic E-state index is 15.0. The average Bonchev–Trinajstić information content (AvgIpc) is 3.35. The van der Waals surface area contributed by atoms with Crippen LogP contribution in [0, 0.1) is 17.5 Å². The van der Waals surface area contributed by atoms with Gasteiger partial charge in [0.05, 0.1) is 23.9 Å². The van der Waals surface area contributed by atoms with Gasteiger partial charge < -0.3 is 14.6 Å². The van der Waals surface area contributed by atoms with Crippen molar-refractivity contribution in [1.82, 2.24) is 9.88 Å². The molecule has 0 spiro atoms. The molecule has 0 saturated carbocycles. The van der Waals surface area contributed by atoms with Gasteiger partial charge in [-0.25, -0.2) is 18.2 Å². The number of aryl methyl sites for hydroxylation is 1. The smallest absolute Gasteiger partial charge is 0.248 e. The van der Waals surface area contributed by atoms with Crippen molar-refractivity contribution < 1.29 is 22.7 Å². The number of carbonyl (C=O) groups excluding carboxylic acids is 1. The van der Waals surface area contributed by atoms with Crippen molar-refractivity contribution in [2.24, 2.45) is 12.1 Å². The third-order valence-electron chi connectivity index (χ3n) is 6.09. The third kappa shape index (κ3) is 4.07. The Morgan fingerprint density at radius 1 is 1.12 bits per heavy atom. The first-order chi connectivity index (χ1) is 16.3. The van der Waals surface area contributed by atoms with Crippen molar-refractivity contribution in [2.45, 2.75) is 18.4 Å². The Labute approximate surface area is 195 Å². The molecule has 34 heavy (non-hydrogen) atoms. The van der Waals surface area contributed by atoms with Crippen LogP contribution >= 0.6 is 0 Å². The fourth-order valence-corrected chi connectivity index (χ4v) is 4.34. The van der Waals surface area contributed by atoms with Gasteiger partial charge in [0.2, 0.25) is 5.91 Å². The highest BCUT2D eigenvalue weighted by Crippen LogP contribution is 2.45. The minimum absolute atomic E-state index is 0.0536. The van der Waals surface area contributed by atoms with Gasteiger partial charge >= 0.3 is 0 Å². The molecule has 9 heteroatoms. The van der Waals surface area contributed by atoms with Crippen LogP contribution < -0.4 is 10.3 Å². The van der Waals surface area contributed by atoms with Crippen LogP contribution in [0.25, 0.3) is 0 Å². The molecule has 0 saturated heterocycles. The Balaban J connectivity index is 1.93. The standard InChI is InChI=1S/C25H25F3N4O2/c1-25(24(33)29-12-14-34-3)22(21-5-4-13-31(21)2)23(16-6-8-17(26)9-7-16)30-32(25)20-11-10-18(27)15-19(20)28/h4-11,13,15,22H,12,14H2,1-3H3,(H,29,33). The number of halogens is 3. The van der Waals surface area contributed by atoms with E-state index in [1.807, 2.05) is 29.9 Å². The van der Waals surface area contributed by atoms with Gasteiger partial charge in [0.25, 0.3) is 0 Å². The number of aromatic nitrogens is 1. The highest BCUT2D eigenvalue weighted by atomic mass is 19.1. The summed E-state index contributed by atoms with van der Waals surface area (Å²) in [6, 6.07) is 12.6. The van der Waals surface area contributed by atoms with Crippen LogP contribution in [-0.4, -0.2) is 42.0 Å². The number of amides is 1. The lowest BCUT2D eigenvalue weighted by Gasteiger charge is -2.37. The van der Waals surface area contributed by atoms with Crippen LogP contribution in [0.5, 0.6) is 0 Å². The second-order valence-electron chi connectivity index (χ2n) is 8.27. The van der Waals surface area contributed by atoms with Gasteiger partial charge in [-0.15, -0.1) is 0 Å². The Morgan fingerprint density at radius 3 is 2.44 bits per heavy atom. The Morgan fingerprint density at radius 2 is 1.82 bits per heavy atom. The molecule has 2 heterocycles. The predicted molar refractivity (Wildman–Crippen MR) is 123 cm³/mol. The number of hydrazone groups is 1. The molecule has 0 fully saturated rings. The molecule has 2 aromatic carbocycles. The Bertz CT molecular complexity index is 1230. The van der Waals surface area contributed by atoms with Gasteiger partial charge in [-0.2, -0.15) is 5.10 Å². The van der Waals surface area contributed by atoms with Crippen LogP contribution in [-0.2, 0) is 16.6 Å². The number of ether oxygens (including phenoxy) is 1. The molecule has 1 aromatic heterocycles. The van der Waals surface area contributed by atoms with Crippen LogP contribution in [0.1, 0.15) is 24.1 Å². The second kappa shape index (κ2) is 9.34. The molecule has 6 nitrogen and oxygen atoms in total. The number of hydrogen-bond acceptors (Lipinski definition) is 4. The summed E-state index contributed by atoms with van der Waals surface area (Å²) < 4.78 is 49.3. The number of benzene rings is 2. The molecule has 0 aliphatic carbocycles. The van der Waals surface area contributed by atoms with E-state index in [0.29, 0.717) is 11.3 Å². The highest BCUT2D eigenvalue weighted by molar-refractivity contribution is 6.13. The molecule has 4 rings (SSSR count). The maximum atomic E-state index is 15.0. The summed E-state index contributed by atoms with van der Waals surface area (Å²) in [5.74, 6) is -3.09.